The molecule has 0 amide bonds. The van der Waals surface area contributed by atoms with Gasteiger partial charge in [-0.3, -0.25) is 4.98 Å². The van der Waals surface area contributed by atoms with Gasteiger partial charge in [0.15, 0.2) is 5.58 Å². The molecule has 1 fully saturated rings. The fourth-order valence-corrected chi connectivity index (χ4v) is 2.94. The van der Waals surface area contributed by atoms with Crippen molar-refractivity contribution in [3.8, 4) is 0 Å². The molecule has 19 heavy (non-hydrogen) atoms. The Morgan fingerprint density at radius 2 is 2.21 bits per heavy atom. The van der Waals surface area contributed by atoms with Gasteiger partial charge in [0.05, 0.1) is 5.52 Å². The van der Waals surface area contributed by atoms with Crippen molar-refractivity contribution in [1.82, 2.24) is 4.98 Å². The van der Waals surface area contributed by atoms with Crippen LogP contribution in [0.5, 0.6) is 0 Å². The van der Waals surface area contributed by atoms with Crippen molar-refractivity contribution in [2.24, 2.45) is 11.7 Å². The molecule has 1 aliphatic carbocycles. The number of aromatic nitrogens is 1. The standard InChI is InChI=1S/C14H19N3O2/c15-8-9-3-1-2-4-11(9)16-10-5-6-13-12(7-10)17-14(18)19-13/h5-7,9,11,16H,1-4,8,15H2,(H,17,18). The van der Waals surface area contributed by atoms with E-state index in [1.807, 2.05) is 18.2 Å². The first-order chi connectivity index (χ1) is 9.26. The molecule has 0 spiro atoms. The molecule has 0 aliphatic heterocycles. The quantitative estimate of drug-likeness (QED) is 0.789. The van der Waals surface area contributed by atoms with Crippen LogP contribution in [0.1, 0.15) is 25.7 Å². The molecule has 5 nitrogen and oxygen atoms in total. The van der Waals surface area contributed by atoms with Crippen LogP contribution in [-0.4, -0.2) is 17.6 Å². The van der Waals surface area contributed by atoms with Crippen LogP contribution < -0.4 is 16.8 Å². The molecule has 4 N–H and O–H groups in total. The summed E-state index contributed by atoms with van der Waals surface area (Å²) in [6.07, 6.45) is 4.87. The molecular formula is C14H19N3O2. The number of nitrogens with two attached hydrogens (primary N) is 1. The SMILES string of the molecule is NCC1CCCCC1Nc1ccc2oc(=O)[nH]c2c1. The van der Waals surface area contributed by atoms with Gasteiger partial charge in [0.1, 0.15) is 0 Å². The second kappa shape index (κ2) is 5.09. The summed E-state index contributed by atoms with van der Waals surface area (Å²) in [5, 5.41) is 3.54. The molecule has 1 heterocycles. The smallest absolute Gasteiger partial charge is 0.408 e. The van der Waals surface area contributed by atoms with Crippen LogP contribution in [-0.2, 0) is 0 Å². The van der Waals surface area contributed by atoms with E-state index in [-0.39, 0.29) is 0 Å². The molecule has 102 valence electrons. The molecule has 5 heteroatoms. The van der Waals surface area contributed by atoms with E-state index in [0.717, 1.165) is 24.2 Å². The Kier molecular flexibility index (Phi) is 3.29. The van der Waals surface area contributed by atoms with Gasteiger partial charge in [-0.15, -0.1) is 0 Å². The first-order valence-corrected chi connectivity index (χ1v) is 6.86. The predicted octanol–water partition coefficient (Wildman–Crippen LogP) is 2.05. The Hall–Kier alpha value is -1.75. The van der Waals surface area contributed by atoms with Crippen LogP contribution in [0.25, 0.3) is 11.1 Å². The molecule has 2 unspecified atom stereocenters. The molecule has 1 aromatic heterocycles. The first kappa shape index (κ1) is 12.3. The summed E-state index contributed by atoms with van der Waals surface area (Å²) in [7, 11) is 0. The monoisotopic (exact) mass is 261 g/mol. The number of fused-ring (bicyclic) bond motifs is 1. The largest absolute Gasteiger partial charge is 0.417 e. The lowest BCUT2D eigenvalue weighted by atomic mass is 9.84. The van der Waals surface area contributed by atoms with Gasteiger partial charge in [-0.25, -0.2) is 4.79 Å². The summed E-state index contributed by atoms with van der Waals surface area (Å²) in [6.45, 7) is 0.725. The van der Waals surface area contributed by atoms with Gasteiger partial charge >= 0.3 is 5.76 Å². The van der Waals surface area contributed by atoms with Crippen molar-refractivity contribution in [2.75, 3.05) is 11.9 Å². The van der Waals surface area contributed by atoms with Gasteiger partial charge in [0, 0.05) is 11.7 Å². The zero-order valence-corrected chi connectivity index (χ0v) is 10.8. The first-order valence-electron chi connectivity index (χ1n) is 6.86. The van der Waals surface area contributed by atoms with Crippen LogP contribution in [0, 0.1) is 5.92 Å². The third-order valence-corrected chi connectivity index (χ3v) is 3.98. The highest BCUT2D eigenvalue weighted by molar-refractivity contribution is 5.76. The zero-order chi connectivity index (χ0) is 13.2. The lowest BCUT2D eigenvalue weighted by Crippen LogP contribution is -2.36. The van der Waals surface area contributed by atoms with Gasteiger partial charge in [-0.05, 0) is 43.5 Å². The van der Waals surface area contributed by atoms with Crippen molar-refractivity contribution in [3.63, 3.8) is 0 Å². The van der Waals surface area contributed by atoms with Crippen molar-refractivity contribution >= 4 is 16.8 Å². The van der Waals surface area contributed by atoms with Crippen LogP contribution in [0.4, 0.5) is 5.69 Å². The summed E-state index contributed by atoms with van der Waals surface area (Å²) in [4.78, 5) is 13.8. The molecule has 1 aromatic carbocycles. The molecule has 0 bridgehead atoms. The van der Waals surface area contributed by atoms with Gasteiger partial charge in [0.25, 0.3) is 0 Å². The van der Waals surface area contributed by atoms with Gasteiger partial charge < -0.3 is 15.5 Å². The highest BCUT2D eigenvalue weighted by atomic mass is 16.4. The van der Waals surface area contributed by atoms with Crippen molar-refractivity contribution < 1.29 is 4.42 Å². The van der Waals surface area contributed by atoms with Crippen LogP contribution >= 0.6 is 0 Å². The summed E-state index contributed by atoms with van der Waals surface area (Å²) in [5.74, 6) is 0.123. The zero-order valence-electron chi connectivity index (χ0n) is 10.8. The topological polar surface area (TPSA) is 84.0 Å². The van der Waals surface area contributed by atoms with E-state index >= 15 is 0 Å². The number of hydrogen-bond acceptors (Lipinski definition) is 4. The molecule has 0 radical (unpaired) electrons. The second-order valence-corrected chi connectivity index (χ2v) is 5.26. The van der Waals surface area contributed by atoms with Crippen LogP contribution in [0.15, 0.2) is 27.4 Å². The van der Waals surface area contributed by atoms with E-state index in [1.165, 1.54) is 19.3 Å². The van der Waals surface area contributed by atoms with E-state index in [0.29, 0.717) is 17.5 Å². The second-order valence-electron chi connectivity index (χ2n) is 5.26. The fourth-order valence-electron chi connectivity index (χ4n) is 2.94. The van der Waals surface area contributed by atoms with E-state index in [1.54, 1.807) is 0 Å². The van der Waals surface area contributed by atoms with E-state index < -0.39 is 5.76 Å². The molecule has 0 saturated heterocycles. The Morgan fingerprint density at radius 1 is 1.37 bits per heavy atom. The van der Waals surface area contributed by atoms with Crippen LogP contribution in [0.2, 0.25) is 0 Å². The number of anilines is 1. The summed E-state index contributed by atoms with van der Waals surface area (Å²) in [6, 6.07) is 6.11. The van der Waals surface area contributed by atoms with Gasteiger partial charge in [-0.1, -0.05) is 12.8 Å². The van der Waals surface area contributed by atoms with Crippen molar-refractivity contribution in [3.05, 3.63) is 28.7 Å². The number of aromatic amines is 1. The lowest BCUT2D eigenvalue weighted by molar-refractivity contribution is 0.332. The summed E-state index contributed by atoms with van der Waals surface area (Å²) in [5.41, 5.74) is 8.17. The fraction of sp³-hybridized carbons (Fsp3) is 0.500. The van der Waals surface area contributed by atoms with Crippen LogP contribution in [0.3, 0.4) is 0 Å². The summed E-state index contributed by atoms with van der Waals surface area (Å²) >= 11 is 0. The summed E-state index contributed by atoms with van der Waals surface area (Å²) < 4.78 is 5.00. The maximum Gasteiger partial charge on any atom is 0.417 e. The Morgan fingerprint density at radius 3 is 3.05 bits per heavy atom. The van der Waals surface area contributed by atoms with E-state index in [2.05, 4.69) is 10.3 Å². The average Bonchev–Trinajstić information content (AvgIpc) is 2.79. The lowest BCUT2D eigenvalue weighted by Gasteiger charge is -2.32. The normalized spacial score (nSPS) is 23.6. The minimum absolute atomic E-state index is 0.412. The van der Waals surface area contributed by atoms with Gasteiger partial charge in [-0.2, -0.15) is 0 Å². The highest BCUT2D eigenvalue weighted by Gasteiger charge is 2.23. The number of oxazole rings is 1. The Labute approximate surface area is 111 Å². The minimum Gasteiger partial charge on any atom is -0.408 e. The third-order valence-electron chi connectivity index (χ3n) is 3.98. The predicted molar refractivity (Wildman–Crippen MR) is 75.3 cm³/mol. The Balaban J connectivity index is 1.81. The average molecular weight is 261 g/mol. The Bertz CT molecular complexity index is 616. The molecule has 2 atom stereocenters. The molecular weight excluding hydrogens is 242 g/mol. The number of H-pyrrole nitrogens is 1. The molecule has 3 rings (SSSR count). The number of benzene rings is 1. The number of rotatable bonds is 3. The van der Waals surface area contributed by atoms with Crippen molar-refractivity contribution in [2.45, 2.75) is 31.7 Å². The molecule has 2 aromatic rings. The molecule has 1 aliphatic rings. The number of hydrogen-bond donors (Lipinski definition) is 3. The minimum atomic E-state index is -0.412. The van der Waals surface area contributed by atoms with Crippen molar-refractivity contribution in [1.29, 1.82) is 0 Å². The highest BCUT2D eigenvalue weighted by Crippen LogP contribution is 2.27. The number of nitrogens with one attached hydrogen (secondary N) is 2. The maximum atomic E-state index is 11.1. The maximum absolute atomic E-state index is 11.1. The van der Waals surface area contributed by atoms with Gasteiger partial charge in [0.2, 0.25) is 0 Å². The van der Waals surface area contributed by atoms with E-state index in [9.17, 15) is 4.79 Å². The van der Waals surface area contributed by atoms with E-state index in [4.69, 9.17) is 10.2 Å². The molecule has 1 saturated carbocycles. The third kappa shape index (κ3) is 2.51.